The number of rotatable bonds is 0. The predicted molar refractivity (Wildman–Crippen MR) is 1.37 cm³/mol. The Balaban J connectivity index is 0. The average Bonchev–Trinajstić information content (AvgIpc) is 1.50. The van der Waals surface area contributed by atoms with E-state index in [1.165, 1.54) is 0 Å². The van der Waals surface area contributed by atoms with E-state index in [2.05, 4.69) is 0 Å². The van der Waals surface area contributed by atoms with Gasteiger partial charge < -0.3 is 0 Å². The van der Waals surface area contributed by atoms with Crippen LogP contribution in [0.2, 0.25) is 0 Å². The van der Waals surface area contributed by atoms with Crippen LogP contribution in [-0.2, 0) is 2.63 Å². The Hall–Kier alpha value is 2.17. The van der Waals surface area contributed by atoms with Crippen molar-refractivity contribution in [3.63, 3.8) is 0 Å². The molecule has 0 radical (unpaired) electrons. The molecule has 0 aromatic rings. The Labute approximate surface area is 74.2 Å². The molecule has 0 bridgehead atoms. The van der Waals surface area contributed by atoms with E-state index in [0.717, 1.165) is 0 Å². The summed E-state index contributed by atoms with van der Waals surface area (Å²) in [4.78, 5) is 0. The summed E-state index contributed by atoms with van der Waals surface area (Å²) in [5, 5.41) is 0. The van der Waals surface area contributed by atoms with Crippen molar-refractivity contribution < 1.29 is 76.2 Å². The van der Waals surface area contributed by atoms with E-state index in [0.29, 0.717) is 0 Å². The van der Waals surface area contributed by atoms with Crippen molar-refractivity contribution in [3.8, 4) is 0 Å². The second-order valence-electron chi connectivity index (χ2n) is 0. The Morgan fingerprint density at radius 1 is 1.25 bits per heavy atom. The van der Waals surface area contributed by atoms with Crippen molar-refractivity contribution in [2.45, 2.75) is 0 Å². The fraction of sp³-hybridized carbons (Fsp3) is 0. The van der Waals surface area contributed by atoms with Gasteiger partial charge in [-0.05, 0) is 0 Å². The fourth-order valence-electron chi connectivity index (χ4n) is 0. The average molecular weight is 311 g/mol. The van der Waals surface area contributed by atoms with Gasteiger partial charge in [-0.15, -0.1) is 0 Å². The summed E-state index contributed by atoms with van der Waals surface area (Å²) in [7, 11) is 0. The van der Waals surface area contributed by atoms with Gasteiger partial charge in [-0.3, -0.25) is 0 Å². The minimum atomic E-state index is -0.0833. The summed E-state index contributed by atoms with van der Waals surface area (Å²) in [6.07, 6.45) is 0. The SMILES string of the molecule is [O]=[Ce].[O]=[La]. The first-order valence-corrected chi connectivity index (χ1v) is 3.20. The molecule has 0 aliphatic heterocycles. The summed E-state index contributed by atoms with van der Waals surface area (Å²) >= 11 is -0.0278. The van der Waals surface area contributed by atoms with Crippen LogP contribution in [0.25, 0.3) is 0 Å². The maximum absolute atomic E-state index is 8.42. The molecular formula is CeLaO2. The van der Waals surface area contributed by atoms with Crippen molar-refractivity contribution >= 4 is 0 Å². The molecule has 0 aromatic carbocycles. The van der Waals surface area contributed by atoms with Gasteiger partial charge in [0.05, 0.1) is 0 Å². The standard InChI is InChI=1S/Ce.La.2O. The molecule has 0 saturated heterocycles. The Kier molecular flexibility index (Phi) is 45.3. The molecule has 0 spiro atoms. The molecule has 0 saturated carbocycles. The summed E-state index contributed by atoms with van der Waals surface area (Å²) in [5.41, 5.74) is 0. The second-order valence-corrected chi connectivity index (χ2v) is 0. The molecule has 19 valence electrons. The van der Waals surface area contributed by atoms with Gasteiger partial charge in [0, 0.05) is 0 Å². The van der Waals surface area contributed by atoms with Crippen molar-refractivity contribution in [1.29, 1.82) is 0 Å². The summed E-state index contributed by atoms with van der Waals surface area (Å²) in [6, 6.07) is 0. The third kappa shape index (κ3) is 8.90. The van der Waals surface area contributed by atoms with E-state index in [-0.39, 0.29) is 73.6 Å². The first kappa shape index (κ1) is 9.48. The quantitative estimate of drug-likeness (QED) is 0.619. The van der Waals surface area contributed by atoms with Crippen LogP contribution in [0.15, 0.2) is 0 Å². The number of hydrogen-bond acceptors (Lipinski definition) is 2. The van der Waals surface area contributed by atoms with Crippen LogP contribution in [0.3, 0.4) is 0 Å². The van der Waals surface area contributed by atoms with Crippen LogP contribution < -0.4 is 0 Å². The zero-order valence-corrected chi connectivity index (χ0v) is 8.66. The molecule has 0 unspecified atom stereocenters. The number of hydrogen-bond donors (Lipinski definition) is 0. The molecule has 0 aliphatic carbocycles. The normalized spacial score (nSPS) is 2.25. The van der Waals surface area contributed by atoms with Gasteiger partial charge in [-0.2, -0.15) is 0 Å². The fourth-order valence-corrected chi connectivity index (χ4v) is 0. The van der Waals surface area contributed by atoms with E-state index in [4.69, 9.17) is 2.63 Å². The van der Waals surface area contributed by atoms with Gasteiger partial charge in [0.1, 0.15) is 0 Å². The molecule has 0 fully saturated rings. The molecule has 0 heterocycles. The maximum atomic E-state index is 8.42. The van der Waals surface area contributed by atoms with Gasteiger partial charge in [0.25, 0.3) is 0 Å². The molecular weight excluding hydrogens is 311 g/mol. The monoisotopic (exact) mass is 311 g/mol. The van der Waals surface area contributed by atoms with Gasteiger partial charge in [0.15, 0.2) is 0 Å². The van der Waals surface area contributed by atoms with Crippen molar-refractivity contribution in [1.82, 2.24) is 0 Å². The molecule has 2 nitrogen and oxygen atoms in total. The third-order valence-electron chi connectivity index (χ3n) is 0. The molecule has 0 amide bonds. The van der Waals surface area contributed by atoms with E-state index >= 15 is 0 Å². The van der Waals surface area contributed by atoms with E-state index in [1.54, 1.807) is 0 Å². The predicted octanol–water partition coefficient (Wildman–Crippen LogP) is -0.238. The van der Waals surface area contributed by atoms with E-state index in [9.17, 15) is 0 Å². The topological polar surface area (TPSA) is 34.1 Å². The Morgan fingerprint density at radius 3 is 1.25 bits per heavy atom. The molecule has 0 atom stereocenters. The molecule has 0 rings (SSSR count). The zero-order chi connectivity index (χ0) is 4.00. The van der Waals surface area contributed by atoms with Crippen molar-refractivity contribution in [3.05, 3.63) is 0 Å². The molecule has 0 aliphatic rings. The third-order valence-corrected chi connectivity index (χ3v) is 0. The van der Waals surface area contributed by atoms with Gasteiger partial charge >= 0.3 is 76.2 Å². The summed E-state index contributed by atoms with van der Waals surface area (Å²) in [5.74, 6) is 0. The molecule has 0 aromatic heterocycles. The van der Waals surface area contributed by atoms with Crippen molar-refractivity contribution in [2.75, 3.05) is 0 Å². The van der Waals surface area contributed by atoms with Crippen LogP contribution >= 0.6 is 0 Å². The van der Waals surface area contributed by atoms with Crippen LogP contribution in [0.1, 0.15) is 0 Å². The Bertz CT molecular complexity index is 8.00. The first-order valence-electron chi connectivity index (χ1n) is 0.440. The van der Waals surface area contributed by atoms with Crippen LogP contribution in [0.5, 0.6) is 0 Å². The first-order chi connectivity index (χ1) is 2.00. The zero-order valence-electron chi connectivity index (χ0n) is 1.89. The van der Waals surface area contributed by atoms with Crippen LogP contribution in [0, 0.1) is 73.6 Å². The van der Waals surface area contributed by atoms with Crippen LogP contribution in [0.4, 0.5) is 0 Å². The van der Waals surface area contributed by atoms with Gasteiger partial charge in [0.2, 0.25) is 0 Å². The Morgan fingerprint density at radius 2 is 1.25 bits per heavy atom. The minimum absolute atomic E-state index is 0.0556. The summed E-state index contributed by atoms with van der Waals surface area (Å²) < 4.78 is 16.8. The molecule has 0 N–H and O–H groups in total. The van der Waals surface area contributed by atoms with E-state index < -0.39 is 0 Å². The summed E-state index contributed by atoms with van der Waals surface area (Å²) in [6.45, 7) is 0. The van der Waals surface area contributed by atoms with Crippen LogP contribution in [-0.4, -0.2) is 0 Å². The molecule has 4 heavy (non-hydrogen) atoms. The molecule has 4 heteroatoms. The second kappa shape index (κ2) is 19.1. The van der Waals surface area contributed by atoms with Gasteiger partial charge in [-0.25, -0.2) is 0 Å². The van der Waals surface area contributed by atoms with Gasteiger partial charge in [-0.1, -0.05) is 0 Å². The van der Waals surface area contributed by atoms with Crippen molar-refractivity contribution in [2.24, 2.45) is 0 Å². The van der Waals surface area contributed by atoms with E-state index in [1.807, 2.05) is 0 Å².